The molecule has 0 radical (unpaired) electrons. The highest BCUT2D eigenvalue weighted by atomic mass is 16.2. The molecule has 2 unspecified atom stereocenters. The van der Waals surface area contributed by atoms with Gasteiger partial charge < -0.3 is 10.2 Å². The molecule has 1 aliphatic rings. The van der Waals surface area contributed by atoms with Crippen LogP contribution in [-0.2, 0) is 11.2 Å². The summed E-state index contributed by atoms with van der Waals surface area (Å²) in [6.07, 6.45) is 1.56. The summed E-state index contributed by atoms with van der Waals surface area (Å²) in [6.45, 7) is 3.62. The van der Waals surface area contributed by atoms with Gasteiger partial charge in [-0.15, -0.1) is 5.10 Å². The van der Waals surface area contributed by atoms with Crippen molar-refractivity contribution in [1.82, 2.24) is 30.4 Å². The van der Waals surface area contributed by atoms with Gasteiger partial charge in [-0.3, -0.25) is 4.79 Å². The number of carbonyl (C=O) groups excluding carboxylic acids is 1. The van der Waals surface area contributed by atoms with Crippen LogP contribution in [0.15, 0.2) is 30.3 Å². The molecule has 1 fully saturated rings. The van der Waals surface area contributed by atoms with E-state index in [1.807, 2.05) is 49.2 Å². The van der Waals surface area contributed by atoms with E-state index in [2.05, 4.69) is 20.8 Å². The molecule has 1 N–H and O–H groups in total. The number of tetrazole rings is 1. The second kappa shape index (κ2) is 6.87. The Morgan fingerprint density at radius 3 is 2.83 bits per heavy atom. The van der Waals surface area contributed by atoms with E-state index in [0.29, 0.717) is 12.2 Å². The third kappa shape index (κ3) is 3.39. The summed E-state index contributed by atoms with van der Waals surface area (Å²) in [4.78, 5) is 14.9. The lowest BCUT2D eigenvalue weighted by atomic mass is 10.0. The Morgan fingerprint density at radius 2 is 2.22 bits per heavy atom. The van der Waals surface area contributed by atoms with Crippen molar-refractivity contribution in [2.24, 2.45) is 0 Å². The summed E-state index contributed by atoms with van der Waals surface area (Å²) < 4.78 is 1.63. The normalized spacial score (nSPS) is 18.8. The first kappa shape index (κ1) is 15.6. The van der Waals surface area contributed by atoms with Gasteiger partial charge in [-0.1, -0.05) is 30.3 Å². The van der Waals surface area contributed by atoms with Gasteiger partial charge in [0, 0.05) is 26.1 Å². The van der Waals surface area contributed by atoms with Crippen molar-refractivity contribution in [2.75, 3.05) is 20.1 Å². The second-order valence-electron chi connectivity index (χ2n) is 5.97. The summed E-state index contributed by atoms with van der Waals surface area (Å²) in [5, 5.41) is 15.0. The van der Waals surface area contributed by atoms with E-state index in [9.17, 15) is 4.79 Å². The van der Waals surface area contributed by atoms with E-state index < -0.39 is 6.04 Å². The van der Waals surface area contributed by atoms with E-state index in [-0.39, 0.29) is 11.9 Å². The molecule has 1 aromatic heterocycles. The molecule has 122 valence electrons. The number of hydrogen-bond donors (Lipinski definition) is 1. The number of nitrogens with zero attached hydrogens (tertiary/aromatic N) is 5. The average Bonchev–Trinajstić information content (AvgIpc) is 3.24. The highest BCUT2D eigenvalue weighted by molar-refractivity contribution is 5.81. The molecule has 7 nitrogen and oxygen atoms in total. The van der Waals surface area contributed by atoms with Crippen LogP contribution in [0.4, 0.5) is 0 Å². The van der Waals surface area contributed by atoms with E-state index in [0.717, 1.165) is 25.1 Å². The standard InChI is InChI=1S/C16H22N6O/c1-12-18-19-20-22(12)15(10-13-6-4-3-5-7-13)16(23)21(2)14-8-9-17-11-14/h3-7,14-15,17H,8-11H2,1-2H3. The van der Waals surface area contributed by atoms with Gasteiger partial charge in [0.15, 0.2) is 0 Å². The zero-order valence-electron chi connectivity index (χ0n) is 13.5. The van der Waals surface area contributed by atoms with Gasteiger partial charge in [0.25, 0.3) is 0 Å². The van der Waals surface area contributed by atoms with Crippen molar-refractivity contribution in [3.05, 3.63) is 41.7 Å². The maximum atomic E-state index is 13.1. The molecule has 1 aromatic carbocycles. The minimum absolute atomic E-state index is 0.0537. The highest BCUT2D eigenvalue weighted by Gasteiger charge is 2.31. The molecule has 0 spiro atoms. The molecule has 0 saturated carbocycles. The molecule has 3 rings (SSSR count). The summed E-state index contributed by atoms with van der Waals surface area (Å²) in [7, 11) is 1.87. The molecule has 2 atom stereocenters. The fourth-order valence-corrected chi connectivity index (χ4v) is 3.03. The number of hydrogen-bond acceptors (Lipinski definition) is 5. The van der Waals surface area contributed by atoms with E-state index in [4.69, 9.17) is 0 Å². The number of nitrogens with one attached hydrogen (secondary N) is 1. The van der Waals surface area contributed by atoms with Gasteiger partial charge in [-0.05, 0) is 35.9 Å². The van der Waals surface area contributed by atoms with Crippen LogP contribution in [0, 0.1) is 6.92 Å². The first-order valence-electron chi connectivity index (χ1n) is 7.92. The molecular formula is C16H22N6O. The van der Waals surface area contributed by atoms with Gasteiger partial charge in [-0.25, -0.2) is 4.68 Å². The lowest BCUT2D eigenvalue weighted by Crippen LogP contribution is -2.43. The predicted octanol–water partition coefficient (Wildman–Crippen LogP) is 0.586. The number of rotatable bonds is 5. The Bertz CT molecular complexity index is 650. The average molecular weight is 314 g/mol. The van der Waals surface area contributed by atoms with Crippen molar-refractivity contribution >= 4 is 5.91 Å². The summed E-state index contributed by atoms with van der Waals surface area (Å²) in [5.74, 6) is 0.704. The first-order valence-corrected chi connectivity index (χ1v) is 7.92. The van der Waals surface area contributed by atoms with Crippen molar-refractivity contribution in [2.45, 2.75) is 31.8 Å². The Morgan fingerprint density at radius 1 is 1.43 bits per heavy atom. The van der Waals surface area contributed by atoms with Crippen LogP contribution >= 0.6 is 0 Å². The van der Waals surface area contributed by atoms with Crippen LogP contribution < -0.4 is 5.32 Å². The molecule has 1 amide bonds. The summed E-state index contributed by atoms with van der Waals surface area (Å²) >= 11 is 0. The number of amides is 1. The summed E-state index contributed by atoms with van der Waals surface area (Å²) in [5.41, 5.74) is 1.10. The lowest BCUT2D eigenvalue weighted by Gasteiger charge is -2.28. The number of carbonyl (C=O) groups is 1. The van der Waals surface area contributed by atoms with Crippen LogP contribution in [0.1, 0.15) is 23.9 Å². The van der Waals surface area contributed by atoms with E-state index in [1.54, 1.807) is 4.68 Å². The molecular weight excluding hydrogens is 292 g/mol. The molecule has 0 aliphatic carbocycles. The van der Waals surface area contributed by atoms with Gasteiger partial charge in [-0.2, -0.15) is 0 Å². The van der Waals surface area contributed by atoms with Crippen molar-refractivity contribution in [3.63, 3.8) is 0 Å². The molecule has 2 aromatic rings. The SMILES string of the molecule is Cc1nnnn1C(Cc1ccccc1)C(=O)N(C)C1CCNC1. The molecule has 2 heterocycles. The van der Waals surface area contributed by atoms with Crippen molar-refractivity contribution in [3.8, 4) is 0 Å². The van der Waals surface area contributed by atoms with Gasteiger partial charge >= 0.3 is 0 Å². The van der Waals surface area contributed by atoms with Crippen LogP contribution in [-0.4, -0.2) is 57.2 Å². The second-order valence-corrected chi connectivity index (χ2v) is 5.97. The van der Waals surface area contributed by atoms with Gasteiger partial charge in [0.05, 0.1) is 0 Å². The van der Waals surface area contributed by atoms with Crippen LogP contribution in [0.25, 0.3) is 0 Å². The van der Waals surface area contributed by atoms with Crippen LogP contribution in [0.3, 0.4) is 0 Å². The number of benzene rings is 1. The molecule has 1 aliphatic heterocycles. The smallest absolute Gasteiger partial charge is 0.247 e. The fraction of sp³-hybridized carbons (Fsp3) is 0.500. The Kier molecular flexibility index (Phi) is 4.66. The van der Waals surface area contributed by atoms with Crippen molar-refractivity contribution < 1.29 is 4.79 Å². The minimum atomic E-state index is -0.419. The lowest BCUT2D eigenvalue weighted by molar-refractivity contribution is -0.135. The monoisotopic (exact) mass is 314 g/mol. The zero-order chi connectivity index (χ0) is 16.2. The van der Waals surface area contributed by atoms with Gasteiger partial charge in [0.1, 0.15) is 11.9 Å². The quantitative estimate of drug-likeness (QED) is 0.874. The molecule has 7 heteroatoms. The molecule has 1 saturated heterocycles. The third-order valence-corrected chi connectivity index (χ3v) is 4.44. The molecule has 23 heavy (non-hydrogen) atoms. The predicted molar refractivity (Wildman–Crippen MR) is 85.8 cm³/mol. The van der Waals surface area contributed by atoms with Crippen molar-refractivity contribution in [1.29, 1.82) is 0 Å². The van der Waals surface area contributed by atoms with E-state index >= 15 is 0 Å². The minimum Gasteiger partial charge on any atom is -0.340 e. The van der Waals surface area contributed by atoms with Crippen LogP contribution in [0.5, 0.6) is 0 Å². The Hall–Kier alpha value is -2.28. The topological polar surface area (TPSA) is 75.9 Å². The Balaban J connectivity index is 1.85. The summed E-state index contributed by atoms with van der Waals surface area (Å²) in [6, 6.07) is 9.80. The number of aryl methyl sites for hydroxylation is 1. The van der Waals surface area contributed by atoms with Gasteiger partial charge in [0.2, 0.25) is 5.91 Å². The maximum absolute atomic E-state index is 13.1. The van der Waals surface area contributed by atoms with Crippen LogP contribution in [0.2, 0.25) is 0 Å². The fourth-order valence-electron chi connectivity index (χ4n) is 3.03. The first-order chi connectivity index (χ1) is 11.2. The number of likely N-dealkylation sites (N-methyl/N-ethyl adjacent to an activating group) is 1. The van der Waals surface area contributed by atoms with E-state index in [1.165, 1.54) is 0 Å². The largest absolute Gasteiger partial charge is 0.340 e. The highest BCUT2D eigenvalue weighted by Crippen LogP contribution is 2.19. The third-order valence-electron chi connectivity index (χ3n) is 4.44. The zero-order valence-corrected chi connectivity index (χ0v) is 13.5. The molecule has 0 bridgehead atoms. The maximum Gasteiger partial charge on any atom is 0.247 e. The Labute approximate surface area is 135 Å². The number of aromatic nitrogens is 4.